The molecule has 28 heavy (non-hydrogen) atoms. The van der Waals surface area contributed by atoms with Crippen LogP contribution in [0.15, 0.2) is 57.9 Å². The summed E-state index contributed by atoms with van der Waals surface area (Å²) in [7, 11) is 0.328. The van der Waals surface area contributed by atoms with E-state index in [9.17, 15) is 13.2 Å². The number of nitrogens with zero attached hydrogens (tertiary/aromatic N) is 2. The van der Waals surface area contributed by atoms with Gasteiger partial charge >= 0.3 is 0 Å². The van der Waals surface area contributed by atoms with Gasteiger partial charge in [0.25, 0.3) is 15.9 Å². The molecule has 150 valence electrons. The van der Waals surface area contributed by atoms with Gasteiger partial charge in [0.1, 0.15) is 0 Å². The first-order valence-corrected chi connectivity index (χ1v) is 11.4. The van der Waals surface area contributed by atoms with E-state index in [2.05, 4.69) is 25.6 Å². The predicted molar refractivity (Wildman–Crippen MR) is 114 cm³/mol. The number of carbonyl (C=O) groups excluding carboxylic acids is 1. The van der Waals surface area contributed by atoms with Gasteiger partial charge in [-0.25, -0.2) is 8.42 Å². The molecule has 1 fully saturated rings. The molecule has 1 saturated heterocycles. The average molecular weight is 466 g/mol. The van der Waals surface area contributed by atoms with Crippen LogP contribution < -0.4 is 4.72 Å². The second-order valence-electron chi connectivity index (χ2n) is 7.15. The lowest BCUT2D eigenvalue weighted by Gasteiger charge is -2.36. The number of anilines is 1. The minimum atomic E-state index is -3.72. The molecule has 2 aromatic rings. The molecule has 1 unspecified atom stereocenters. The lowest BCUT2D eigenvalue weighted by molar-refractivity contribution is 0.0635. The third-order valence-corrected chi connectivity index (χ3v) is 6.83. The van der Waals surface area contributed by atoms with Gasteiger partial charge in [-0.1, -0.05) is 22.0 Å². The summed E-state index contributed by atoms with van der Waals surface area (Å²) in [5.41, 5.74) is 0.852. The highest BCUT2D eigenvalue weighted by molar-refractivity contribution is 9.10. The maximum atomic E-state index is 12.9. The van der Waals surface area contributed by atoms with Crippen molar-refractivity contribution in [2.45, 2.75) is 23.8 Å². The molecular weight excluding hydrogens is 442 g/mol. The zero-order valence-corrected chi connectivity index (χ0v) is 18.3. The van der Waals surface area contributed by atoms with Crippen LogP contribution in [0.4, 0.5) is 5.69 Å². The van der Waals surface area contributed by atoms with Gasteiger partial charge in [0.05, 0.1) is 4.90 Å². The Morgan fingerprint density at radius 2 is 1.89 bits per heavy atom. The Morgan fingerprint density at radius 3 is 2.57 bits per heavy atom. The maximum Gasteiger partial charge on any atom is 0.261 e. The summed E-state index contributed by atoms with van der Waals surface area (Å²) < 4.78 is 28.5. The van der Waals surface area contributed by atoms with Crippen LogP contribution in [-0.2, 0) is 10.0 Å². The summed E-state index contributed by atoms with van der Waals surface area (Å²) in [5.74, 6) is -0.0729. The minimum Gasteiger partial charge on any atom is -0.337 e. The lowest BCUT2D eigenvalue weighted by atomic mass is 10.0. The van der Waals surface area contributed by atoms with E-state index in [0.717, 1.165) is 23.9 Å². The summed E-state index contributed by atoms with van der Waals surface area (Å²) in [4.78, 5) is 17.1. The van der Waals surface area contributed by atoms with Crippen LogP contribution in [0.2, 0.25) is 0 Å². The van der Waals surface area contributed by atoms with Gasteiger partial charge in [-0.2, -0.15) is 0 Å². The highest BCUT2D eigenvalue weighted by Gasteiger charge is 2.26. The fraction of sp³-hybridized carbons (Fsp3) is 0.350. The maximum absolute atomic E-state index is 12.9. The van der Waals surface area contributed by atoms with Crippen LogP contribution in [-0.4, -0.2) is 57.4 Å². The molecule has 3 rings (SSSR count). The van der Waals surface area contributed by atoms with Crippen LogP contribution >= 0.6 is 15.9 Å². The first-order valence-electron chi connectivity index (χ1n) is 9.10. The largest absolute Gasteiger partial charge is 0.337 e. The Labute approximate surface area is 174 Å². The molecule has 0 radical (unpaired) electrons. The number of likely N-dealkylation sites (tertiary alicyclic amines) is 1. The van der Waals surface area contributed by atoms with E-state index in [4.69, 9.17) is 0 Å². The van der Waals surface area contributed by atoms with Crippen molar-refractivity contribution in [2.24, 2.45) is 0 Å². The van der Waals surface area contributed by atoms with Gasteiger partial charge in [0, 0.05) is 34.9 Å². The molecule has 0 aromatic heterocycles. The number of amides is 1. The SMILES string of the molecule is CN(C)C1CCCN(C(=O)c2cccc(NS(=O)(=O)c3ccc(Br)cc3)c2)C1. The molecule has 1 heterocycles. The summed E-state index contributed by atoms with van der Waals surface area (Å²) in [5, 5.41) is 0. The summed E-state index contributed by atoms with van der Waals surface area (Å²) in [6.45, 7) is 1.40. The molecule has 0 spiro atoms. The Bertz CT molecular complexity index is 945. The Balaban J connectivity index is 1.76. The topological polar surface area (TPSA) is 69.7 Å². The number of nitrogens with one attached hydrogen (secondary N) is 1. The second kappa shape index (κ2) is 8.63. The summed E-state index contributed by atoms with van der Waals surface area (Å²) in [6, 6.07) is 13.4. The molecule has 0 bridgehead atoms. The monoisotopic (exact) mass is 465 g/mol. The standard InChI is InChI=1S/C20H24BrN3O3S/c1-23(2)18-7-4-12-24(14-18)20(25)15-5-3-6-17(13-15)22-28(26,27)19-10-8-16(21)9-11-19/h3,5-6,8-11,13,18,22H,4,7,12,14H2,1-2H3. The van der Waals surface area contributed by atoms with Crippen molar-refractivity contribution in [1.82, 2.24) is 9.80 Å². The van der Waals surface area contributed by atoms with Crippen LogP contribution in [0, 0.1) is 0 Å². The van der Waals surface area contributed by atoms with E-state index in [0.29, 0.717) is 23.8 Å². The number of piperidine rings is 1. The molecule has 1 atom stereocenters. The van der Waals surface area contributed by atoms with Crippen LogP contribution in [0.3, 0.4) is 0 Å². The quantitative estimate of drug-likeness (QED) is 0.734. The molecule has 8 heteroatoms. The molecule has 1 amide bonds. The van der Waals surface area contributed by atoms with Crippen LogP contribution in [0.25, 0.3) is 0 Å². The van der Waals surface area contributed by atoms with Crippen LogP contribution in [0.1, 0.15) is 23.2 Å². The summed E-state index contributed by atoms with van der Waals surface area (Å²) in [6.07, 6.45) is 2.04. The summed E-state index contributed by atoms with van der Waals surface area (Å²) >= 11 is 3.29. The van der Waals surface area contributed by atoms with Gasteiger partial charge in [-0.3, -0.25) is 9.52 Å². The number of benzene rings is 2. The number of sulfonamides is 1. The smallest absolute Gasteiger partial charge is 0.261 e. The number of hydrogen-bond donors (Lipinski definition) is 1. The van der Waals surface area contributed by atoms with E-state index >= 15 is 0 Å². The van der Waals surface area contributed by atoms with E-state index in [1.165, 1.54) is 12.1 Å². The normalized spacial score (nSPS) is 17.6. The fourth-order valence-corrected chi connectivity index (χ4v) is 4.60. The van der Waals surface area contributed by atoms with Gasteiger partial charge in [-0.05, 0) is 69.4 Å². The Kier molecular flexibility index (Phi) is 6.42. The molecule has 1 N–H and O–H groups in total. The number of carbonyl (C=O) groups is 1. The number of halogens is 1. The first-order chi connectivity index (χ1) is 13.3. The Morgan fingerprint density at radius 1 is 1.18 bits per heavy atom. The zero-order chi connectivity index (χ0) is 20.3. The van der Waals surface area contributed by atoms with E-state index < -0.39 is 10.0 Å². The van der Waals surface area contributed by atoms with Crippen LogP contribution in [0.5, 0.6) is 0 Å². The average Bonchev–Trinajstić information content (AvgIpc) is 2.67. The van der Waals surface area contributed by atoms with Crippen molar-refractivity contribution in [3.63, 3.8) is 0 Å². The van der Waals surface area contributed by atoms with E-state index in [-0.39, 0.29) is 10.8 Å². The third-order valence-electron chi connectivity index (χ3n) is 4.90. The second-order valence-corrected chi connectivity index (χ2v) is 9.75. The van der Waals surface area contributed by atoms with Gasteiger partial charge in [0.2, 0.25) is 0 Å². The highest BCUT2D eigenvalue weighted by Crippen LogP contribution is 2.21. The Hall–Kier alpha value is -1.90. The first kappa shape index (κ1) is 20.8. The van der Waals surface area contributed by atoms with Gasteiger partial charge in [-0.15, -0.1) is 0 Å². The van der Waals surface area contributed by atoms with E-state index in [1.807, 2.05) is 19.0 Å². The fourth-order valence-electron chi connectivity index (χ4n) is 3.29. The van der Waals surface area contributed by atoms with Crippen molar-refractivity contribution in [2.75, 3.05) is 31.9 Å². The highest BCUT2D eigenvalue weighted by atomic mass is 79.9. The molecule has 1 aliphatic rings. The number of likely N-dealkylation sites (N-methyl/N-ethyl adjacent to an activating group) is 1. The van der Waals surface area contributed by atoms with Gasteiger partial charge < -0.3 is 9.80 Å². The zero-order valence-electron chi connectivity index (χ0n) is 15.9. The minimum absolute atomic E-state index is 0.0729. The molecular formula is C20H24BrN3O3S. The van der Waals surface area contributed by atoms with E-state index in [1.54, 1.807) is 36.4 Å². The van der Waals surface area contributed by atoms with Crippen molar-refractivity contribution in [3.8, 4) is 0 Å². The van der Waals surface area contributed by atoms with Crippen molar-refractivity contribution >= 4 is 37.5 Å². The molecule has 6 nitrogen and oxygen atoms in total. The lowest BCUT2D eigenvalue weighted by Crippen LogP contribution is -2.47. The third kappa shape index (κ3) is 4.92. The molecule has 0 saturated carbocycles. The molecule has 1 aliphatic heterocycles. The molecule has 0 aliphatic carbocycles. The van der Waals surface area contributed by atoms with Crippen molar-refractivity contribution < 1.29 is 13.2 Å². The molecule has 2 aromatic carbocycles. The number of hydrogen-bond acceptors (Lipinski definition) is 4. The van der Waals surface area contributed by atoms with Gasteiger partial charge in [0.15, 0.2) is 0 Å². The predicted octanol–water partition coefficient (Wildman–Crippen LogP) is 3.42. The number of rotatable bonds is 5. The van der Waals surface area contributed by atoms with Crippen molar-refractivity contribution in [1.29, 1.82) is 0 Å². The van der Waals surface area contributed by atoms with Crippen molar-refractivity contribution in [3.05, 3.63) is 58.6 Å².